The van der Waals surface area contributed by atoms with Crippen molar-refractivity contribution in [3.63, 3.8) is 0 Å². The first-order valence-corrected chi connectivity index (χ1v) is 10.4. The van der Waals surface area contributed by atoms with Crippen LogP contribution in [0.5, 0.6) is 11.5 Å². The van der Waals surface area contributed by atoms with Gasteiger partial charge in [-0.15, -0.1) is 0 Å². The fourth-order valence-electron chi connectivity index (χ4n) is 3.89. The molecule has 0 spiro atoms. The predicted octanol–water partition coefficient (Wildman–Crippen LogP) is 2.19. The maximum atomic E-state index is 13.3. The molecular weight excluding hydrogens is 356 g/mol. The molecule has 2 aliphatic heterocycles. The van der Waals surface area contributed by atoms with E-state index in [1.165, 1.54) is 0 Å². The molecule has 2 saturated heterocycles. The van der Waals surface area contributed by atoms with Gasteiger partial charge in [-0.25, -0.2) is 0 Å². The topological polar surface area (TPSA) is 68.3 Å². The minimum atomic E-state index is -3.57. The van der Waals surface area contributed by atoms with Crippen molar-refractivity contribution in [2.24, 2.45) is 0 Å². The molecule has 26 heavy (non-hydrogen) atoms. The summed E-state index contributed by atoms with van der Waals surface area (Å²) < 4.78 is 46.2. The van der Waals surface area contributed by atoms with E-state index in [0.29, 0.717) is 31.1 Å². The molecule has 0 N–H and O–H groups in total. The molecule has 0 aliphatic carbocycles. The first kappa shape index (κ1) is 19.4. The average molecular weight is 384 g/mol. The van der Waals surface area contributed by atoms with Crippen molar-refractivity contribution in [3.05, 3.63) is 23.8 Å². The van der Waals surface area contributed by atoms with Crippen molar-refractivity contribution in [2.75, 3.05) is 33.9 Å². The van der Waals surface area contributed by atoms with Crippen LogP contribution in [0.4, 0.5) is 0 Å². The van der Waals surface area contributed by atoms with Gasteiger partial charge in [0.2, 0.25) is 0 Å². The Kier molecular flexibility index (Phi) is 5.76. The van der Waals surface area contributed by atoms with Crippen LogP contribution in [-0.2, 0) is 14.9 Å². The van der Waals surface area contributed by atoms with Gasteiger partial charge in [-0.05, 0) is 32.8 Å². The summed E-state index contributed by atoms with van der Waals surface area (Å²) in [7, 11) is -0.372. The van der Waals surface area contributed by atoms with Gasteiger partial charge in [0.15, 0.2) is 0 Å². The van der Waals surface area contributed by atoms with Gasteiger partial charge >= 0.3 is 0 Å². The maximum absolute atomic E-state index is 13.3. The molecule has 0 aromatic heterocycles. The lowest BCUT2D eigenvalue weighted by Gasteiger charge is -2.38. The molecule has 0 amide bonds. The summed E-state index contributed by atoms with van der Waals surface area (Å²) in [6, 6.07) is 5.33. The Morgan fingerprint density at radius 2 is 1.81 bits per heavy atom. The van der Waals surface area contributed by atoms with Crippen molar-refractivity contribution in [1.82, 2.24) is 8.61 Å². The molecule has 146 valence electrons. The van der Waals surface area contributed by atoms with Crippen molar-refractivity contribution in [3.8, 4) is 11.5 Å². The molecule has 2 aliphatic rings. The lowest BCUT2D eigenvalue weighted by Crippen LogP contribution is -2.52. The summed E-state index contributed by atoms with van der Waals surface area (Å²) in [5, 5.41) is 0. The number of hydrogen-bond donors (Lipinski definition) is 0. The highest BCUT2D eigenvalue weighted by molar-refractivity contribution is 7.86. The highest BCUT2D eigenvalue weighted by Gasteiger charge is 2.42. The van der Waals surface area contributed by atoms with Crippen molar-refractivity contribution in [1.29, 1.82) is 0 Å². The van der Waals surface area contributed by atoms with E-state index in [2.05, 4.69) is 0 Å². The zero-order valence-corrected chi connectivity index (χ0v) is 16.7. The van der Waals surface area contributed by atoms with Crippen LogP contribution >= 0.6 is 0 Å². The summed E-state index contributed by atoms with van der Waals surface area (Å²) in [6.45, 7) is 5.10. The number of nitrogens with zero attached hydrogens (tertiary/aromatic N) is 2. The predicted molar refractivity (Wildman–Crippen MR) is 98.7 cm³/mol. The number of morpholine rings is 1. The fraction of sp³-hybridized carbons (Fsp3) is 0.667. The molecule has 2 fully saturated rings. The van der Waals surface area contributed by atoms with E-state index in [-0.39, 0.29) is 18.2 Å². The van der Waals surface area contributed by atoms with Gasteiger partial charge in [0, 0.05) is 31.3 Å². The molecule has 0 unspecified atom stereocenters. The largest absolute Gasteiger partial charge is 0.497 e. The standard InChI is InChI=1S/C18H28N2O5S/c1-13-11-19(12-14(2)25-13)26(21,22)20-9-5-6-17(20)16-8-7-15(23-3)10-18(16)24-4/h7-8,10,13-14,17H,5-6,9,11-12H2,1-4H3/t13-,14-,17+/m1/s1. The molecule has 8 heteroatoms. The normalized spacial score (nSPS) is 28.2. The maximum Gasteiger partial charge on any atom is 0.282 e. The Hall–Kier alpha value is -1.35. The van der Waals surface area contributed by atoms with Gasteiger partial charge in [0.05, 0.1) is 32.5 Å². The number of hydrogen-bond acceptors (Lipinski definition) is 5. The Balaban J connectivity index is 1.90. The zero-order chi connectivity index (χ0) is 18.9. The summed E-state index contributed by atoms with van der Waals surface area (Å²) in [5.74, 6) is 1.34. The minimum Gasteiger partial charge on any atom is -0.497 e. The quantitative estimate of drug-likeness (QED) is 0.778. The van der Waals surface area contributed by atoms with Gasteiger partial charge in [0.25, 0.3) is 10.2 Å². The molecule has 3 rings (SSSR count). The van der Waals surface area contributed by atoms with E-state index < -0.39 is 10.2 Å². The zero-order valence-electron chi connectivity index (χ0n) is 15.8. The third-order valence-electron chi connectivity index (χ3n) is 5.01. The highest BCUT2D eigenvalue weighted by Crippen LogP contribution is 2.41. The van der Waals surface area contributed by atoms with Crippen molar-refractivity contribution < 1.29 is 22.6 Å². The Morgan fingerprint density at radius 3 is 2.42 bits per heavy atom. The van der Waals surface area contributed by atoms with E-state index in [1.54, 1.807) is 28.9 Å². The van der Waals surface area contributed by atoms with E-state index in [0.717, 1.165) is 18.4 Å². The van der Waals surface area contributed by atoms with Crippen molar-refractivity contribution >= 4 is 10.2 Å². The third-order valence-corrected chi connectivity index (χ3v) is 6.99. The van der Waals surface area contributed by atoms with Crippen LogP contribution in [0.3, 0.4) is 0 Å². The molecule has 3 atom stereocenters. The lowest BCUT2D eigenvalue weighted by atomic mass is 10.0. The molecule has 0 saturated carbocycles. The number of methoxy groups -OCH3 is 2. The molecule has 1 aromatic rings. The van der Waals surface area contributed by atoms with E-state index in [1.807, 2.05) is 26.0 Å². The third kappa shape index (κ3) is 3.69. The summed E-state index contributed by atoms with van der Waals surface area (Å²) in [6.07, 6.45) is 1.39. The van der Waals surface area contributed by atoms with E-state index in [4.69, 9.17) is 14.2 Å². The molecule has 1 aromatic carbocycles. The van der Waals surface area contributed by atoms with E-state index >= 15 is 0 Å². The van der Waals surface area contributed by atoms with Crippen LogP contribution in [0.2, 0.25) is 0 Å². The van der Waals surface area contributed by atoms with Crippen LogP contribution in [0.15, 0.2) is 18.2 Å². The summed E-state index contributed by atoms with van der Waals surface area (Å²) in [4.78, 5) is 0. The second kappa shape index (κ2) is 7.72. The second-order valence-corrected chi connectivity index (χ2v) is 8.84. The van der Waals surface area contributed by atoms with Gasteiger partial charge in [0.1, 0.15) is 11.5 Å². The highest BCUT2D eigenvalue weighted by atomic mass is 32.2. The smallest absolute Gasteiger partial charge is 0.282 e. The Labute approximate surface area is 156 Å². The number of rotatable bonds is 5. The van der Waals surface area contributed by atoms with Crippen LogP contribution in [0.25, 0.3) is 0 Å². The first-order valence-electron chi connectivity index (χ1n) is 9.01. The molecular formula is C18H28N2O5S. The van der Waals surface area contributed by atoms with E-state index in [9.17, 15) is 8.42 Å². The molecule has 0 bridgehead atoms. The average Bonchev–Trinajstić information content (AvgIpc) is 3.10. The second-order valence-electron chi connectivity index (χ2n) is 6.96. The van der Waals surface area contributed by atoms with Gasteiger partial charge in [-0.3, -0.25) is 0 Å². The molecule has 7 nitrogen and oxygen atoms in total. The molecule has 2 heterocycles. The van der Waals surface area contributed by atoms with Gasteiger partial charge < -0.3 is 14.2 Å². The summed E-state index contributed by atoms with van der Waals surface area (Å²) >= 11 is 0. The summed E-state index contributed by atoms with van der Waals surface area (Å²) in [5.41, 5.74) is 0.878. The van der Waals surface area contributed by atoms with Crippen LogP contribution < -0.4 is 9.47 Å². The minimum absolute atomic E-state index is 0.106. The Morgan fingerprint density at radius 1 is 1.12 bits per heavy atom. The SMILES string of the molecule is COc1ccc([C@@H]2CCCN2S(=O)(=O)N2C[C@@H](C)O[C@H](C)C2)c(OC)c1. The first-order chi connectivity index (χ1) is 12.4. The lowest BCUT2D eigenvalue weighted by molar-refractivity contribution is -0.0455. The number of ether oxygens (including phenoxy) is 3. The van der Waals surface area contributed by atoms with Crippen molar-refractivity contribution in [2.45, 2.75) is 44.9 Å². The van der Waals surface area contributed by atoms with Crippen LogP contribution in [0.1, 0.15) is 38.3 Å². The fourth-order valence-corrected chi connectivity index (χ4v) is 5.88. The van der Waals surface area contributed by atoms with Gasteiger partial charge in [-0.1, -0.05) is 6.07 Å². The van der Waals surface area contributed by atoms with Crippen LogP contribution in [0, 0.1) is 0 Å². The monoisotopic (exact) mass is 384 g/mol. The van der Waals surface area contributed by atoms with Gasteiger partial charge in [-0.2, -0.15) is 17.0 Å². The Bertz CT molecular complexity index is 729. The molecule has 0 radical (unpaired) electrons. The van der Waals surface area contributed by atoms with Crippen LogP contribution in [-0.4, -0.2) is 63.1 Å². The number of benzene rings is 1.